The predicted octanol–water partition coefficient (Wildman–Crippen LogP) is 2.33. The second-order valence-electron chi connectivity index (χ2n) is 4.48. The molecule has 0 aliphatic carbocycles. The molecule has 0 radical (unpaired) electrons. The molecule has 0 aliphatic heterocycles. The van der Waals surface area contributed by atoms with Gasteiger partial charge in [0.25, 0.3) is 5.91 Å². The lowest BCUT2D eigenvalue weighted by Gasteiger charge is -2.09. The highest BCUT2D eigenvalue weighted by molar-refractivity contribution is 6.07. The largest absolute Gasteiger partial charge is 0.398 e. The summed E-state index contributed by atoms with van der Waals surface area (Å²) in [5.41, 5.74) is 6.66. The molecule has 0 atom stereocenters. The van der Waals surface area contributed by atoms with Gasteiger partial charge in [-0.2, -0.15) is 0 Å². The molecule has 0 aromatic heterocycles. The molecule has 4 N–H and O–H groups in total. The maximum absolute atomic E-state index is 13.2. The van der Waals surface area contributed by atoms with Crippen LogP contribution in [0.1, 0.15) is 15.9 Å². The number of nitrogen functional groups attached to an aromatic ring is 1. The highest BCUT2D eigenvalue weighted by Crippen LogP contribution is 2.19. The fourth-order valence-electron chi connectivity index (χ4n) is 1.84. The molecular weight excluding hydrogens is 278 g/mol. The van der Waals surface area contributed by atoms with Crippen molar-refractivity contribution < 1.29 is 18.7 Å². The Bertz CT molecular complexity index is 657. The van der Waals surface area contributed by atoms with Gasteiger partial charge in [0.05, 0.1) is 5.56 Å². The molecule has 0 saturated heterocycles. The minimum atomic E-state index is -1.13. The third-order valence-corrected chi connectivity index (χ3v) is 2.95. The van der Waals surface area contributed by atoms with E-state index in [-0.39, 0.29) is 17.9 Å². The van der Waals surface area contributed by atoms with Crippen LogP contribution in [-0.4, -0.2) is 17.6 Å². The van der Waals surface area contributed by atoms with Crippen LogP contribution in [0, 0.1) is 11.6 Å². The summed E-state index contributed by atoms with van der Waals surface area (Å²) in [5.74, 6) is -2.86. The number of halogens is 2. The van der Waals surface area contributed by atoms with Crippen molar-refractivity contribution in [2.45, 2.75) is 6.42 Å². The van der Waals surface area contributed by atoms with Gasteiger partial charge in [-0.05, 0) is 30.2 Å². The lowest BCUT2D eigenvalue weighted by molar-refractivity contribution is 0.102. The SMILES string of the molecule is Nc1cc(F)c(F)cc1C(=O)Nc1ccc(CCO)cc1. The summed E-state index contributed by atoms with van der Waals surface area (Å²) >= 11 is 0. The quantitative estimate of drug-likeness (QED) is 0.757. The summed E-state index contributed by atoms with van der Waals surface area (Å²) in [5, 5.41) is 11.4. The number of hydrogen-bond acceptors (Lipinski definition) is 3. The maximum Gasteiger partial charge on any atom is 0.257 e. The zero-order valence-corrected chi connectivity index (χ0v) is 11.1. The minimum Gasteiger partial charge on any atom is -0.398 e. The summed E-state index contributed by atoms with van der Waals surface area (Å²) in [4.78, 5) is 12.0. The molecular formula is C15H14F2N2O2. The van der Waals surface area contributed by atoms with Crippen molar-refractivity contribution in [3.8, 4) is 0 Å². The Kier molecular flexibility index (Phi) is 4.49. The summed E-state index contributed by atoms with van der Waals surface area (Å²) in [7, 11) is 0. The number of aliphatic hydroxyl groups excluding tert-OH is 1. The van der Waals surface area contributed by atoms with Crippen molar-refractivity contribution in [3.63, 3.8) is 0 Å². The zero-order chi connectivity index (χ0) is 15.4. The number of nitrogens with one attached hydrogen (secondary N) is 1. The van der Waals surface area contributed by atoms with E-state index in [1.807, 2.05) is 0 Å². The second-order valence-corrected chi connectivity index (χ2v) is 4.48. The molecule has 0 spiro atoms. The van der Waals surface area contributed by atoms with Gasteiger partial charge < -0.3 is 16.2 Å². The monoisotopic (exact) mass is 292 g/mol. The first-order chi connectivity index (χ1) is 10.0. The van der Waals surface area contributed by atoms with Crippen LogP contribution in [0.5, 0.6) is 0 Å². The van der Waals surface area contributed by atoms with E-state index in [0.29, 0.717) is 12.1 Å². The molecule has 0 aliphatic rings. The van der Waals surface area contributed by atoms with Crippen LogP contribution in [0.2, 0.25) is 0 Å². The van der Waals surface area contributed by atoms with Gasteiger partial charge in [0.2, 0.25) is 0 Å². The lowest BCUT2D eigenvalue weighted by atomic mass is 10.1. The Morgan fingerprint density at radius 3 is 2.38 bits per heavy atom. The van der Waals surface area contributed by atoms with E-state index in [1.54, 1.807) is 24.3 Å². The van der Waals surface area contributed by atoms with Crippen molar-refractivity contribution >= 4 is 17.3 Å². The molecule has 0 fully saturated rings. The molecule has 2 rings (SSSR count). The normalized spacial score (nSPS) is 10.4. The predicted molar refractivity (Wildman–Crippen MR) is 76.0 cm³/mol. The lowest BCUT2D eigenvalue weighted by Crippen LogP contribution is -2.15. The summed E-state index contributed by atoms with van der Waals surface area (Å²) < 4.78 is 26.1. The number of nitrogens with two attached hydrogens (primary N) is 1. The maximum atomic E-state index is 13.2. The van der Waals surface area contributed by atoms with Gasteiger partial charge in [-0.15, -0.1) is 0 Å². The molecule has 0 unspecified atom stereocenters. The van der Waals surface area contributed by atoms with Gasteiger partial charge in [-0.3, -0.25) is 4.79 Å². The molecule has 6 heteroatoms. The number of aliphatic hydroxyl groups is 1. The van der Waals surface area contributed by atoms with Crippen LogP contribution in [0.15, 0.2) is 36.4 Å². The second kappa shape index (κ2) is 6.32. The number of rotatable bonds is 4. The van der Waals surface area contributed by atoms with Crippen LogP contribution in [-0.2, 0) is 6.42 Å². The first-order valence-corrected chi connectivity index (χ1v) is 6.27. The topological polar surface area (TPSA) is 75.4 Å². The van der Waals surface area contributed by atoms with Crippen LogP contribution < -0.4 is 11.1 Å². The smallest absolute Gasteiger partial charge is 0.257 e. The van der Waals surface area contributed by atoms with E-state index in [2.05, 4.69) is 5.32 Å². The number of hydrogen-bond donors (Lipinski definition) is 3. The molecule has 0 bridgehead atoms. The summed E-state index contributed by atoms with van der Waals surface area (Å²) in [6.45, 7) is 0.0388. The molecule has 0 saturated carbocycles. The number of amides is 1. The number of benzene rings is 2. The molecule has 0 heterocycles. The van der Waals surface area contributed by atoms with Gasteiger partial charge in [0.15, 0.2) is 11.6 Å². The van der Waals surface area contributed by atoms with Crippen molar-refractivity contribution in [1.29, 1.82) is 0 Å². The highest BCUT2D eigenvalue weighted by Gasteiger charge is 2.14. The van der Waals surface area contributed by atoms with E-state index in [4.69, 9.17) is 10.8 Å². The van der Waals surface area contributed by atoms with E-state index >= 15 is 0 Å². The Balaban J connectivity index is 2.16. The van der Waals surface area contributed by atoms with Crippen LogP contribution >= 0.6 is 0 Å². The van der Waals surface area contributed by atoms with Gasteiger partial charge in [-0.25, -0.2) is 8.78 Å². The van der Waals surface area contributed by atoms with Gasteiger partial charge >= 0.3 is 0 Å². The van der Waals surface area contributed by atoms with Crippen LogP contribution in [0.25, 0.3) is 0 Å². The van der Waals surface area contributed by atoms with E-state index in [9.17, 15) is 13.6 Å². The number of carbonyl (C=O) groups excluding carboxylic acids is 1. The van der Waals surface area contributed by atoms with E-state index in [0.717, 1.165) is 17.7 Å². The van der Waals surface area contributed by atoms with E-state index < -0.39 is 17.5 Å². The van der Waals surface area contributed by atoms with Gasteiger partial charge in [-0.1, -0.05) is 12.1 Å². The standard InChI is InChI=1S/C15H14F2N2O2/c16-12-7-11(14(18)8-13(12)17)15(21)19-10-3-1-9(2-4-10)5-6-20/h1-4,7-8,20H,5-6,18H2,(H,19,21). The molecule has 4 nitrogen and oxygen atoms in total. The molecule has 2 aromatic carbocycles. The number of anilines is 2. The molecule has 2 aromatic rings. The average molecular weight is 292 g/mol. The van der Waals surface area contributed by atoms with Crippen molar-refractivity contribution in [2.24, 2.45) is 0 Å². The Labute approximate surface area is 120 Å². The van der Waals surface area contributed by atoms with E-state index in [1.165, 1.54) is 0 Å². The Morgan fingerprint density at radius 1 is 1.14 bits per heavy atom. The highest BCUT2D eigenvalue weighted by atomic mass is 19.2. The van der Waals surface area contributed by atoms with Crippen LogP contribution in [0.3, 0.4) is 0 Å². The molecule has 110 valence electrons. The number of carbonyl (C=O) groups is 1. The Morgan fingerprint density at radius 2 is 1.76 bits per heavy atom. The van der Waals surface area contributed by atoms with Crippen molar-refractivity contribution in [3.05, 3.63) is 59.2 Å². The fourth-order valence-corrected chi connectivity index (χ4v) is 1.84. The summed E-state index contributed by atoms with van der Waals surface area (Å²) in [6.07, 6.45) is 0.518. The molecule has 1 amide bonds. The molecule has 21 heavy (non-hydrogen) atoms. The zero-order valence-electron chi connectivity index (χ0n) is 11.1. The van der Waals surface area contributed by atoms with Crippen molar-refractivity contribution in [1.82, 2.24) is 0 Å². The third-order valence-electron chi connectivity index (χ3n) is 2.95. The summed E-state index contributed by atoms with van der Waals surface area (Å²) in [6, 6.07) is 8.34. The van der Waals surface area contributed by atoms with Crippen LogP contribution in [0.4, 0.5) is 20.2 Å². The minimum absolute atomic E-state index is 0.0388. The fraction of sp³-hybridized carbons (Fsp3) is 0.133. The van der Waals surface area contributed by atoms with Gasteiger partial charge in [0.1, 0.15) is 0 Å². The average Bonchev–Trinajstić information content (AvgIpc) is 2.45. The van der Waals surface area contributed by atoms with Crippen molar-refractivity contribution in [2.75, 3.05) is 17.7 Å². The van der Waals surface area contributed by atoms with Gasteiger partial charge in [0, 0.05) is 24.0 Å². The first-order valence-electron chi connectivity index (χ1n) is 6.27. The third kappa shape index (κ3) is 3.55. The Hall–Kier alpha value is -2.47. The first kappa shape index (κ1) is 14.9.